The zero-order chi connectivity index (χ0) is 99.1. The van der Waals surface area contributed by atoms with Crippen molar-refractivity contribution in [1.29, 1.82) is 0 Å². The van der Waals surface area contributed by atoms with Crippen LogP contribution in [0.3, 0.4) is 0 Å². The fourth-order valence-corrected chi connectivity index (χ4v) is 20.9. The van der Waals surface area contributed by atoms with E-state index in [9.17, 15) is 0 Å². The molecule has 15 aromatic heterocycles. The van der Waals surface area contributed by atoms with E-state index < -0.39 is 0 Å². The molecule has 0 aliphatic heterocycles. The second-order valence-electron chi connectivity index (χ2n) is 37.7. The van der Waals surface area contributed by atoms with Crippen molar-refractivity contribution in [1.82, 2.24) is 74.8 Å². The fourth-order valence-electron chi connectivity index (χ4n) is 20.9. The maximum Gasteiger partial charge on any atom is 0.0972 e. The third-order valence-corrected chi connectivity index (χ3v) is 28.6. The lowest BCUT2D eigenvalue weighted by Gasteiger charge is -2.11. The molecule has 0 saturated carbocycles. The van der Waals surface area contributed by atoms with Crippen molar-refractivity contribution < 1.29 is 0 Å². The minimum atomic E-state index is 0.908. The Morgan fingerprint density at radius 2 is 0.327 bits per heavy atom. The van der Waals surface area contributed by atoms with Crippen LogP contribution < -0.4 is 0 Å². The van der Waals surface area contributed by atoms with Gasteiger partial charge in [-0.25, -0.2) is 39.9 Å². The second kappa shape index (κ2) is 37.0. The summed E-state index contributed by atoms with van der Waals surface area (Å²) in [5.74, 6) is 0. The summed E-state index contributed by atoms with van der Waals surface area (Å²) < 4.78 is 0. The van der Waals surface area contributed by atoms with Crippen molar-refractivity contribution in [3.8, 4) is 135 Å². The van der Waals surface area contributed by atoms with Gasteiger partial charge in [-0.3, -0.25) is 34.9 Å². The highest BCUT2D eigenvalue weighted by Gasteiger charge is 2.20. The van der Waals surface area contributed by atoms with Crippen LogP contribution in [0.5, 0.6) is 0 Å². The van der Waals surface area contributed by atoms with E-state index in [-0.39, 0.29) is 0 Å². The first-order valence-electron chi connectivity index (χ1n) is 49.9. The Hall–Kier alpha value is -20.6. The molecule has 0 saturated heterocycles. The Kier molecular flexibility index (Phi) is 21.5. The molecule has 0 radical (unpaired) electrons. The molecular weight excluding hydrogens is 1830 g/mol. The molecule has 0 atom stereocenters. The number of rotatable bonds is 12. The van der Waals surface area contributed by atoms with E-state index in [4.69, 9.17) is 39.9 Å². The number of nitrogens with zero attached hydrogens (tertiary/aromatic N) is 15. The van der Waals surface area contributed by atoms with Gasteiger partial charge in [0, 0.05) is 169 Å². The molecule has 0 spiro atoms. The van der Waals surface area contributed by atoms with Gasteiger partial charge in [0.2, 0.25) is 0 Å². The predicted octanol–water partition coefficient (Wildman–Crippen LogP) is 33.3. The smallest absolute Gasteiger partial charge is 0.0972 e. The van der Waals surface area contributed by atoms with Crippen molar-refractivity contribution in [3.05, 3.63) is 492 Å². The van der Waals surface area contributed by atoms with E-state index in [1.807, 2.05) is 85.8 Å². The molecule has 15 aromatic carbocycles. The Morgan fingerprint density at radius 3 is 0.673 bits per heavy atom. The summed E-state index contributed by atoms with van der Waals surface area (Å²) in [6.07, 6.45) is 12.8. The van der Waals surface area contributed by atoms with Gasteiger partial charge in [0.1, 0.15) is 0 Å². The van der Waals surface area contributed by atoms with Gasteiger partial charge in [-0.1, -0.05) is 309 Å². The largest absolute Gasteiger partial charge is 0.256 e. The summed E-state index contributed by atoms with van der Waals surface area (Å²) in [5.41, 5.74) is 38.6. The zero-order valence-electron chi connectivity index (χ0n) is 80.5. The summed E-state index contributed by atoms with van der Waals surface area (Å²) in [6.45, 7) is 0. The number of aromatic nitrogens is 15. The summed E-state index contributed by atoms with van der Waals surface area (Å²) in [7, 11) is 0. The monoisotopic (exact) mass is 1910 g/mol. The molecule has 0 fully saturated rings. The van der Waals surface area contributed by atoms with Gasteiger partial charge in [0.25, 0.3) is 0 Å². The molecule has 30 aromatic rings. The van der Waals surface area contributed by atoms with Crippen molar-refractivity contribution in [3.63, 3.8) is 0 Å². The quantitative estimate of drug-likeness (QED) is 0.105. The van der Waals surface area contributed by atoms with Crippen LogP contribution >= 0.6 is 0 Å². The highest BCUT2D eigenvalue weighted by Crippen LogP contribution is 2.42. The van der Waals surface area contributed by atoms with Crippen LogP contribution in [-0.4, -0.2) is 74.8 Å². The average Bonchev–Trinajstić information content (AvgIpc) is 0.423. The summed E-state index contributed by atoms with van der Waals surface area (Å²) in [6, 6.07) is 156. The Labute approximate surface area is 859 Å². The molecule has 15 heteroatoms. The molecule has 0 amide bonds. The maximum atomic E-state index is 5.15. The van der Waals surface area contributed by atoms with Gasteiger partial charge >= 0.3 is 0 Å². The van der Waals surface area contributed by atoms with Gasteiger partial charge in [-0.05, 0) is 184 Å². The van der Waals surface area contributed by atoms with Gasteiger partial charge in [0.05, 0.1) is 128 Å². The molecule has 0 bridgehead atoms. The van der Waals surface area contributed by atoms with Crippen molar-refractivity contribution in [2.75, 3.05) is 0 Å². The van der Waals surface area contributed by atoms with E-state index in [0.717, 1.165) is 298 Å². The minimum absolute atomic E-state index is 0.908. The van der Waals surface area contributed by atoms with Crippen LogP contribution in [-0.2, 0) is 0 Å². The second-order valence-corrected chi connectivity index (χ2v) is 37.7. The molecule has 15 nitrogen and oxygen atoms in total. The zero-order valence-corrected chi connectivity index (χ0v) is 80.5. The molecule has 696 valence electrons. The lowest BCUT2D eigenvalue weighted by atomic mass is 9.96. The highest BCUT2D eigenvalue weighted by molar-refractivity contribution is 6.12. The third-order valence-electron chi connectivity index (χ3n) is 28.6. The summed E-state index contributed by atoms with van der Waals surface area (Å²) in [4.78, 5) is 73.2. The Balaban J connectivity index is 0.000000108. The Morgan fingerprint density at radius 1 is 0.107 bits per heavy atom. The molecule has 0 aliphatic carbocycles. The van der Waals surface area contributed by atoms with E-state index in [2.05, 4.69) is 441 Å². The average molecular weight is 1910 g/mol. The highest BCUT2D eigenvalue weighted by atomic mass is 14.8. The topological polar surface area (TPSA) is 193 Å². The summed E-state index contributed by atoms with van der Waals surface area (Å²) in [5, 5.41) is 16.4. The number of pyridine rings is 15. The molecule has 15 heterocycles. The van der Waals surface area contributed by atoms with Crippen LogP contribution in [0, 0.1) is 0 Å². The number of para-hydroxylation sites is 3. The fraction of sp³-hybridized carbons (Fsp3) is 0. The number of hydrogen-bond acceptors (Lipinski definition) is 15. The molecule has 0 unspecified atom stereocenters. The number of fused-ring (bicyclic) bond motifs is 18. The van der Waals surface area contributed by atoms with Crippen LogP contribution in [0.2, 0.25) is 0 Å². The van der Waals surface area contributed by atoms with E-state index >= 15 is 0 Å². The first-order chi connectivity index (χ1) is 74.2. The van der Waals surface area contributed by atoms with Crippen LogP contribution in [0.4, 0.5) is 0 Å². The molecule has 150 heavy (non-hydrogen) atoms. The van der Waals surface area contributed by atoms with Crippen molar-refractivity contribution >= 4 is 164 Å². The SMILES string of the molecule is c1cc(-c2ccc3ccc(-c4ccc5ccc(-c6cccc7cccnc67)nc5c4)cc3n2)cc(-c2ccc3ccc4cccnc4c3n2)c1.c1cnc2c(-c3ccc4ccc(-c5ccc6ccc(-c7ccc(-c8cc9cccnc9c9ncccc89)cc7)nc6c5)cc4n3)cccc2c1.c1cnc2c(-c3ccc4ccc(-c5ccc6ccc(-c7ccc(-c8ccc9ccc%10cccnc%10c9n8)cc7)nc6c5)cc4n3)cccc2c1. The Bertz CT molecular complexity index is 10700. The first kappa shape index (κ1) is 87.3. The number of benzene rings is 15. The van der Waals surface area contributed by atoms with Crippen LogP contribution in [0.25, 0.3) is 298 Å². The normalized spacial score (nSPS) is 11.6. The van der Waals surface area contributed by atoms with E-state index in [1.54, 1.807) is 0 Å². The minimum Gasteiger partial charge on any atom is -0.256 e. The predicted molar refractivity (Wildman–Crippen MR) is 614 cm³/mol. The van der Waals surface area contributed by atoms with Gasteiger partial charge in [-0.15, -0.1) is 0 Å². The maximum absolute atomic E-state index is 5.15. The van der Waals surface area contributed by atoms with E-state index in [1.165, 1.54) is 0 Å². The molecule has 0 N–H and O–H groups in total. The lowest BCUT2D eigenvalue weighted by molar-refractivity contribution is 1.36. The standard InChI is InChI=1S/3C45H27N5/c1-6-35(25-36(7-1)39-21-19-32-14-13-31-9-4-24-47-44(31)45(32)50-39)38-20-17-28-11-15-33(26-41(28)48-38)34-16-12-29-18-22-40(49-42(29)27-34)37-10-2-5-30-8-3-23-46-43(30)37;1-5-32-6-2-22-46-43(32)37(8-1)40-21-19-31-15-17-34(27-42(31)50-40)33-16-14-30-18-20-39(49-41(30)26-33)29-12-10-28(11-13-29)38-25-35-7-3-23-47-44(35)45-36(38)9-4-24-48-45;1-4-32-5-2-24-46-43(32)37(7-1)40-23-19-31-13-17-36(27-42(31)49-40)35-16-12-30-18-21-38(48-41(30)26-35)28-8-10-29(11-9-28)39-22-20-34-15-14-33-6-3-25-47-44(33)45(34)50-39/h3*1-27H. The van der Waals surface area contributed by atoms with Crippen LogP contribution in [0.15, 0.2) is 492 Å². The van der Waals surface area contributed by atoms with E-state index in [0.29, 0.717) is 0 Å². The van der Waals surface area contributed by atoms with Gasteiger partial charge < -0.3 is 0 Å². The van der Waals surface area contributed by atoms with Gasteiger partial charge in [-0.2, -0.15) is 0 Å². The molecule has 0 aliphatic rings. The van der Waals surface area contributed by atoms with Gasteiger partial charge in [0.15, 0.2) is 0 Å². The molecule has 30 rings (SSSR count). The third kappa shape index (κ3) is 16.4. The summed E-state index contributed by atoms with van der Waals surface area (Å²) >= 11 is 0. The van der Waals surface area contributed by atoms with Crippen molar-refractivity contribution in [2.45, 2.75) is 0 Å². The number of hydrogen-bond donors (Lipinski definition) is 0. The van der Waals surface area contributed by atoms with Crippen LogP contribution in [0.1, 0.15) is 0 Å². The lowest BCUT2D eigenvalue weighted by Crippen LogP contribution is -1.91. The molecular formula is C135H81N15. The first-order valence-corrected chi connectivity index (χ1v) is 49.9. The van der Waals surface area contributed by atoms with Crippen molar-refractivity contribution in [2.24, 2.45) is 0 Å².